The first-order chi connectivity index (χ1) is 8.25. The number of benzene rings is 1. The van der Waals surface area contributed by atoms with Gasteiger partial charge in [-0.3, -0.25) is 0 Å². The summed E-state index contributed by atoms with van der Waals surface area (Å²) in [6.07, 6.45) is 0. The van der Waals surface area contributed by atoms with Crippen molar-refractivity contribution in [3.05, 3.63) is 24.0 Å². The van der Waals surface area contributed by atoms with Crippen LogP contribution in [0.25, 0.3) is 0 Å². The molecule has 0 bridgehead atoms. The molecule has 1 aliphatic heterocycles. The van der Waals surface area contributed by atoms with Crippen LogP contribution in [0.4, 0.5) is 10.1 Å². The Labute approximate surface area is 120 Å². The second-order valence-corrected chi connectivity index (χ2v) is 5.61. The number of anilines is 1. The van der Waals surface area contributed by atoms with Gasteiger partial charge in [0.2, 0.25) is 0 Å². The van der Waals surface area contributed by atoms with E-state index < -0.39 is 18.3 Å². The topological polar surface area (TPSA) is 30.5 Å². The molecule has 1 aliphatic rings. The molecule has 0 atom stereocenters. The second kappa shape index (κ2) is 5.31. The standard InChI is InChI=1S/C13H19BFNO2.ClH/c1-12(2)13(3,4)18-14(17-12)9-6-10(15)8-11(7-9)16-5;/h6-8,16H,1-5H3;1H. The predicted molar refractivity (Wildman–Crippen MR) is 78.9 cm³/mol. The van der Waals surface area contributed by atoms with Gasteiger partial charge in [0, 0.05) is 12.7 Å². The summed E-state index contributed by atoms with van der Waals surface area (Å²) in [5.41, 5.74) is 0.575. The van der Waals surface area contributed by atoms with Crippen molar-refractivity contribution in [3.8, 4) is 0 Å². The minimum Gasteiger partial charge on any atom is -0.399 e. The summed E-state index contributed by atoms with van der Waals surface area (Å²) in [6.45, 7) is 7.91. The normalized spacial score (nSPS) is 20.0. The van der Waals surface area contributed by atoms with Gasteiger partial charge in [0.25, 0.3) is 0 Å². The maximum Gasteiger partial charge on any atom is 0.495 e. The van der Waals surface area contributed by atoms with Gasteiger partial charge in [-0.2, -0.15) is 0 Å². The summed E-state index contributed by atoms with van der Waals surface area (Å²) in [6, 6.07) is 4.73. The Morgan fingerprint density at radius 1 is 1.05 bits per heavy atom. The summed E-state index contributed by atoms with van der Waals surface area (Å²) >= 11 is 0. The molecule has 106 valence electrons. The lowest BCUT2D eigenvalue weighted by Gasteiger charge is -2.32. The van der Waals surface area contributed by atoms with E-state index >= 15 is 0 Å². The summed E-state index contributed by atoms with van der Waals surface area (Å²) in [4.78, 5) is 0. The Morgan fingerprint density at radius 3 is 2.05 bits per heavy atom. The number of halogens is 2. The highest BCUT2D eigenvalue weighted by Gasteiger charge is 2.51. The fourth-order valence-corrected chi connectivity index (χ4v) is 1.87. The molecule has 0 amide bonds. The second-order valence-electron chi connectivity index (χ2n) is 5.61. The van der Waals surface area contributed by atoms with Crippen LogP contribution in [0.15, 0.2) is 18.2 Å². The molecule has 1 heterocycles. The van der Waals surface area contributed by atoms with Crippen LogP contribution in [0.3, 0.4) is 0 Å². The van der Waals surface area contributed by atoms with Crippen LogP contribution in [-0.2, 0) is 9.31 Å². The fraction of sp³-hybridized carbons (Fsp3) is 0.538. The molecule has 0 aromatic heterocycles. The monoisotopic (exact) mass is 287 g/mol. The largest absolute Gasteiger partial charge is 0.495 e. The van der Waals surface area contributed by atoms with Crippen LogP contribution >= 0.6 is 12.4 Å². The summed E-state index contributed by atoms with van der Waals surface area (Å²) in [5.74, 6) is -0.299. The van der Waals surface area contributed by atoms with Gasteiger partial charge in [0.15, 0.2) is 0 Å². The van der Waals surface area contributed by atoms with E-state index in [4.69, 9.17) is 9.31 Å². The van der Waals surface area contributed by atoms with Crippen molar-refractivity contribution in [2.45, 2.75) is 38.9 Å². The van der Waals surface area contributed by atoms with Crippen molar-refractivity contribution in [3.63, 3.8) is 0 Å². The number of hydrogen-bond donors (Lipinski definition) is 1. The predicted octanol–water partition coefficient (Wildman–Crippen LogP) is 2.59. The molecule has 1 N–H and O–H groups in total. The van der Waals surface area contributed by atoms with Crippen molar-refractivity contribution in [1.82, 2.24) is 0 Å². The molecule has 1 fully saturated rings. The number of rotatable bonds is 2. The van der Waals surface area contributed by atoms with Crippen LogP contribution in [0.1, 0.15) is 27.7 Å². The van der Waals surface area contributed by atoms with E-state index in [1.165, 1.54) is 12.1 Å². The Bertz CT molecular complexity index is 452. The number of nitrogens with one attached hydrogen (secondary N) is 1. The molecule has 0 saturated carbocycles. The van der Waals surface area contributed by atoms with E-state index in [1.54, 1.807) is 7.05 Å². The van der Waals surface area contributed by atoms with Gasteiger partial charge >= 0.3 is 7.12 Å². The lowest BCUT2D eigenvalue weighted by atomic mass is 9.79. The molecular weight excluding hydrogens is 267 g/mol. The first-order valence-corrected chi connectivity index (χ1v) is 6.09. The van der Waals surface area contributed by atoms with Gasteiger partial charge in [-0.1, -0.05) is 0 Å². The zero-order valence-corrected chi connectivity index (χ0v) is 12.7. The Hall–Kier alpha value is -0.775. The third-order valence-corrected chi connectivity index (χ3v) is 3.73. The van der Waals surface area contributed by atoms with Crippen LogP contribution < -0.4 is 10.8 Å². The Morgan fingerprint density at radius 2 is 1.58 bits per heavy atom. The minimum atomic E-state index is -0.530. The summed E-state index contributed by atoms with van der Waals surface area (Å²) in [7, 11) is 1.22. The number of hydrogen-bond acceptors (Lipinski definition) is 3. The van der Waals surface area contributed by atoms with E-state index in [0.717, 1.165) is 0 Å². The van der Waals surface area contributed by atoms with Crippen LogP contribution in [-0.4, -0.2) is 25.4 Å². The summed E-state index contributed by atoms with van der Waals surface area (Å²) in [5, 5.41) is 2.92. The third kappa shape index (κ3) is 3.04. The van der Waals surface area contributed by atoms with Crippen LogP contribution in [0, 0.1) is 5.82 Å². The molecule has 0 unspecified atom stereocenters. The van der Waals surface area contributed by atoms with Crippen molar-refractivity contribution >= 4 is 30.7 Å². The van der Waals surface area contributed by atoms with Crippen molar-refractivity contribution in [2.24, 2.45) is 0 Å². The highest BCUT2D eigenvalue weighted by Crippen LogP contribution is 2.36. The van der Waals surface area contributed by atoms with E-state index in [0.29, 0.717) is 11.2 Å². The van der Waals surface area contributed by atoms with Gasteiger partial charge in [0.05, 0.1) is 11.2 Å². The zero-order chi connectivity index (χ0) is 13.6. The van der Waals surface area contributed by atoms with Gasteiger partial charge in [-0.05, 0) is 51.4 Å². The van der Waals surface area contributed by atoms with E-state index in [9.17, 15) is 4.39 Å². The maximum absolute atomic E-state index is 13.5. The first-order valence-electron chi connectivity index (χ1n) is 6.09. The third-order valence-electron chi connectivity index (χ3n) is 3.73. The Kier molecular flexibility index (Phi) is 4.55. The van der Waals surface area contributed by atoms with Gasteiger partial charge in [-0.15, -0.1) is 12.4 Å². The lowest BCUT2D eigenvalue weighted by molar-refractivity contribution is 0.00578. The van der Waals surface area contributed by atoms with Gasteiger partial charge in [-0.25, -0.2) is 4.39 Å². The highest BCUT2D eigenvalue weighted by atomic mass is 35.5. The smallest absolute Gasteiger partial charge is 0.399 e. The van der Waals surface area contributed by atoms with Crippen molar-refractivity contribution in [1.29, 1.82) is 0 Å². The Balaban J connectivity index is 0.00000180. The van der Waals surface area contributed by atoms with Gasteiger partial charge in [0.1, 0.15) is 5.82 Å². The molecule has 2 rings (SSSR count). The minimum absolute atomic E-state index is 0. The van der Waals surface area contributed by atoms with Gasteiger partial charge < -0.3 is 14.6 Å². The quantitative estimate of drug-likeness (QED) is 0.848. The SMILES string of the molecule is CNc1cc(F)cc(B2OC(C)(C)C(C)(C)O2)c1.Cl. The molecular formula is C13H20BClFNO2. The average Bonchev–Trinajstić information content (AvgIpc) is 2.47. The average molecular weight is 288 g/mol. The molecule has 0 spiro atoms. The fourth-order valence-electron chi connectivity index (χ4n) is 1.87. The van der Waals surface area contributed by atoms with Crippen LogP contribution in [0.5, 0.6) is 0 Å². The molecule has 1 aromatic carbocycles. The van der Waals surface area contributed by atoms with Crippen molar-refractivity contribution < 1.29 is 13.7 Å². The van der Waals surface area contributed by atoms with E-state index in [2.05, 4.69) is 5.32 Å². The molecule has 6 heteroatoms. The van der Waals surface area contributed by atoms with E-state index in [-0.39, 0.29) is 18.2 Å². The van der Waals surface area contributed by atoms with Crippen LogP contribution in [0.2, 0.25) is 0 Å². The molecule has 1 aromatic rings. The molecule has 19 heavy (non-hydrogen) atoms. The van der Waals surface area contributed by atoms with Crippen molar-refractivity contribution in [2.75, 3.05) is 12.4 Å². The van der Waals surface area contributed by atoms with E-state index in [1.807, 2.05) is 33.8 Å². The first kappa shape index (κ1) is 16.3. The molecule has 3 nitrogen and oxygen atoms in total. The highest BCUT2D eigenvalue weighted by molar-refractivity contribution is 6.62. The maximum atomic E-state index is 13.5. The zero-order valence-electron chi connectivity index (χ0n) is 11.9. The molecule has 0 aliphatic carbocycles. The lowest BCUT2D eigenvalue weighted by Crippen LogP contribution is -2.41. The molecule has 1 saturated heterocycles. The summed E-state index contributed by atoms with van der Waals surface area (Å²) < 4.78 is 25.3. The molecule has 0 radical (unpaired) electrons.